The second-order valence-electron chi connectivity index (χ2n) is 10.4. The molecule has 1 amide bonds. The van der Waals surface area contributed by atoms with Gasteiger partial charge in [0.25, 0.3) is 0 Å². The van der Waals surface area contributed by atoms with Gasteiger partial charge in [-0.25, -0.2) is 0 Å². The van der Waals surface area contributed by atoms with Crippen LogP contribution in [0.4, 0.5) is 0 Å². The van der Waals surface area contributed by atoms with Crippen LogP contribution in [-0.2, 0) is 9.59 Å². The first-order chi connectivity index (χ1) is 12.6. The van der Waals surface area contributed by atoms with Crippen molar-refractivity contribution in [2.75, 3.05) is 6.54 Å². The van der Waals surface area contributed by atoms with E-state index in [1.807, 2.05) is 19.7 Å². The number of nitrogens with zero attached hydrogens (tertiary/aromatic N) is 1. The molecule has 7 atom stereocenters. The van der Waals surface area contributed by atoms with Crippen molar-refractivity contribution in [1.82, 2.24) is 4.90 Å². The maximum Gasteiger partial charge on any atom is 0.226 e. The number of hydrogen-bond donors (Lipinski definition) is 1. The summed E-state index contributed by atoms with van der Waals surface area (Å²) < 4.78 is 0. The van der Waals surface area contributed by atoms with Crippen LogP contribution in [0.1, 0.15) is 66.2 Å². The number of aliphatic hydroxyl groups is 1. The molecule has 3 unspecified atom stereocenters. The highest BCUT2D eigenvalue weighted by atomic mass is 16.3. The van der Waals surface area contributed by atoms with E-state index in [1.165, 1.54) is 0 Å². The quantitative estimate of drug-likeness (QED) is 0.759. The van der Waals surface area contributed by atoms with Crippen molar-refractivity contribution in [1.29, 1.82) is 0 Å². The number of carbonyl (C=O) groups excluding carboxylic acids is 2. The van der Waals surface area contributed by atoms with Crippen molar-refractivity contribution >= 4 is 19.5 Å². The maximum absolute atomic E-state index is 12.5. The van der Waals surface area contributed by atoms with Gasteiger partial charge in [0.05, 0.1) is 0 Å². The van der Waals surface area contributed by atoms with Gasteiger partial charge >= 0.3 is 0 Å². The van der Waals surface area contributed by atoms with Gasteiger partial charge < -0.3 is 10.0 Å². The average Bonchev–Trinajstić information content (AvgIpc) is 2.90. The van der Waals surface area contributed by atoms with Crippen LogP contribution in [0.3, 0.4) is 0 Å². The Morgan fingerprint density at radius 1 is 1.37 bits per heavy atom. The second-order valence-corrected chi connectivity index (χ2v) is 10.4. The minimum absolute atomic E-state index is 0.0770. The van der Waals surface area contributed by atoms with E-state index in [-0.39, 0.29) is 34.4 Å². The molecule has 3 aliphatic carbocycles. The summed E-state index contributed by atoms with van der Waals surface area (Å²) in [6.45, 7) is 9.00. The van der Waals surface area contributed by atoms with E-state index in [9.17, 15) is 14.7 Å². The highest BCUT2D eigenvalue weighted by molar-refractivity contribution is 6.14. The summed E-state index contributed by atoms with van der Waals surface area (Å²) in [6.07, 6.45) is 7.35. The first-order valence-electron chi connectivity index (χ1n) is 10.8. The largest absolute Gasteiger partial charge is 0.399 e. The lowest BCUT2D eigenvalue weighted by molar-refractivity contribution is -0.162. The van der Waals surface area contributed by atoms with E-state index in [4.69, 9.17) is 0 Å². The molecule has 148 valence electrons. The van der Waals surface area contributed by atoms with Gasteiger partial charge in [-0.3, -0.25) is 9.59 Å². The number of rotatable bonds is 2. The first kappa shape index (κ1) is 19.2. The van der Waals surface area contributed by atoms with Crippen molar-refractivity contribution in [3.63, 3.8) is 0 Å². The number of hydrogen-bond acceptors (Lipinski definition) is 3. The lowest BCUT2D eigenvalue weighted by Crippen LogP contribution is -2.64. The van der Waals surface area contributed by atoms with Crippen LogP contribution in [0.2, 0.25) is 0 Å². The van der Waals surface area contributed by atoms with Gasteiger partial charge in [0.1, 0.15) is 13.6 Å². The van der Waals surface area contributed by atoms with Crippen LogP contribution in [0.15, 0.2) is 11.8 Å². The number of likely N-dealkylation sites (tertiary alicyclic amines) is 1. The molecule has 2 saturated carbocycles. The van der Waals surface area contributed by atoms with Gasteiger partial charge in [0.2, 0.25) is 5.91 Å². The Hall–Kier alpha value is -1.10. The fourth-order valence-corrected chi connectivity index (χ4v) is 8.25. The molecular weight excluding hydrogens is 337 g/mol. The van der Waals surface area contributed by atoms with Gasteiger partial charge in [-0.15, -0.1) is 0 Å². The van der Waals surface area contributed by atoms with E-state index in [0.29, 0.717) is 31.2 Å². The van der Waals surface area contributed by atoms with Gasteiger partial charge in [-0.2, -0.15) is 0 Å². The number of piperidine rings is 1. The molecule has 0 bridgehead atoms. The first-order valence-corrected chi connectivity index (χ1v) is 10.8. The zero-order valence-electron chi connectivity index (χ0n) is 17.5. The summed E-state index contributed by atoms with van der Waals surface area (Å²) in [7, 11) is 2.00. The fourth-order valence-electron chi connectivity index (χ4n) is 8.25. The molecule has 27 heavy (non-hydrogen) atoms. The van der Waals surface area contributed by atoms with Crippen LogP contribution in [0.25, 0.3) is 0 Å². The topological polar surface area (TPSA) is 57.6 Å². The van der Waals surface area contributed by atoms with Crippen LogP contribution < -0.4 is 0 Å². The smallest absolute Gasteiger partial charge is 0.226 e. The molecule has 1 heterocycles. The second kappa shape index (κ2) is 5.95. The third kappa shape index (κ3) is 2.46. The molecule has 3 fully saturated rings. The van der Waals surface area contributed by atoms with Gasteiger partial charge in [-0.1, -0.05) is 19.9 Å². The van der Waals surface area contributed by atoms with E-state index >= 15 is 0 Å². The van der Waals surface area contributed by atoms with E-state index in [0.717, 1.165) is 31.4 Å². The molecule has 0 aromatic carbocycles. The predicted octanol–water partition coefficient (Wildman–Crippen LogP) is 2.50. The molecule has 0 aromatic heterocycles. The maximum atomic E-state index is 12.5. The van der Waals surface area contributed by atoms with Gasteiger partial charge in [-0.05, 0) is 69.1 Å². The molecule has 5 heteroatoms. The predicted molar refractivity (Wildman–Crippen MR) is 108 cm³/mol. The van der Waals surface area contributed by atoms with Crippen LogP contribution in [0.5, 0.6) is 0 Å². The molecule has 1 saturated heterocycles. The monoisotopic (exact) mass is 371 g/mol. The summed E-state index contributed by atoms with van der Waals surface area (Å²) in [5, 5.41) is 11.8. The molecule has 0 aromatic rings. The molecule has 0 radical (unpaired) electrons. The minimum atomic E-state index is -0.817. The Bertz CT molecular complexity index is 716. The third-order valence-electron chi connectivity index (χ3n) is 8.88. The van der Waals surface area contributed by atoms with Gasteiger partial charge in [0.15, 0.2) is 0 Å². The number of amides is 1. The zero-order chi connectivity index (χ0) is 19.8. The normalized spacial score (nSPS) is 49.1. The van der Waals surface area contributed by atoms with Crippen molar-refractivity contribution in [2.45, 2.75) is 71.7 Å². The van der Waals surface area contributed by atoms with Crippen molar-refractivity contribution in [3.05, 3.63) is 11.8 Å². The number of allylic oxidation sites excluding steroid dienone is 2. The Kier molecular flexibility index (Phi) is 4.24. The standard InChI is InChI=1S/C22H34BNO3/c1-5-24-17-9-6-14-16-8-7-15(13(2)25)21(16,4)12-22(23,27)19(14)20(17,3)11-10-18(24)26/h9,14-16,19,27H,5-8,10-12,23H2,1-4H3/t14?,15-,16?,19?,20+,21-,22+/m1/s1. The third-order valence-corrected chi connectivity index (χ3v) is 8.88. The number of ketones is 1. The Labute approximate surface area is 164 Å². The number of carbonyl (C=O) groups is 2. The van der Waals surface area contributed by atoms with Crippen molar-refractivity contribution in [2.24, 2.45) is 34.5 Å². The zero-order valence-corrected chi connectivity index (χ0v) is 17.5. The van der Waals surface area contributed by atoms with E-state index < -0.39 is 5.50 Å². The van der Waals surface area contributed by atoms with Crippen LogP contribution in [0, 0.1) is 34.5 Å². The SMILES string of the molecule is B[C@]1(O)C[C@@]2(C)C(CC[C@@H]2C(C)=O)C2CC=C3N(CC)C(=O)CC[C@]3(C)C21. The summed E-state index contributed by atoms with van der Waals surface area (Å²) in [5.41, 5.74) is 0.0636. The Morgan fingerprint density at radius 2 is 2.07 bits per heavy atom. The molecule has 4 aliphatic rings. The highest BCUT2D eigenvalue weighted by Crippen LogP contribution is 2.68. The van der Waals surface area contributed by atoms with Crippen molar-refractivity contribution in [3.8, 4) is 0 Å². The molecule has 4 rings (SSSR count). The molecule has 0 spiro atoms. The molecular formula is C22H34BNO3. The summed E-state index contributed by atoms with van der Waals surface area (Å²) in [4.78, 5) is 26.8. The Morgan fingerprint density at radius 3 is 2.70 bits per heavy atom. The average molecular weight is 371 g/mol. The number of fused-ring (bicyclic) bond motifs is 5. The van der Waals surface area contributed by atoms with Gasteiger partial charge in [0, 0.05) is 35.5 Å². The molecule has 1 N–H and O–H groups in total. The summed E-state index contributed by atoms with van der Waals surface area (Å²) in [6, 6.07) is 0. The summed E-state index contributed by atoms with van der Waals surface area (Å²) >= 11 is 0. The highest BCUT2D eigenvalue weighted by Gasteiger charge is 2.66. The Balaban J connectivity index is 1.80. The molecule has 1 aliphatic heterocycles. The lowest BCUT2D eigenvalue weighted by Gasteiger charge is -2.63. The van der Waals surface area contributed by atoms with Crippen LogP contribution in [-0.4, -0.2) is 41.6 Å². The molecule has 4 nitrogen and oxygen atoms in total. The minimum Gasteiger partial charge on any atom is -0.399 e. The number of Topliss-reactive ketones (excluding diaryl/α,β-unsaturated/α-hetero) is 1. The van der Waals surface area contributed by atoms with E-state index in [1.54, 1.807) is 6.92 Å². The van der Waals surface area contributed by atoms with Crippen molar-refractivity contribution < 1.29 is 14.7 Å². The van der Waals surface area contributed by atoms with Crippen LogP contribution >= 0.6 is 0 Å². The fraction of sp³-hybridized carbons (Fsp3) is 0.818. The lowest BCUT2D eigenvalue weighted by atomic mass is 9.40. The summed E-state index contributed by atoms with van der Waals surface area (Å²) in [5.74, 6) is 1.61. The van der Waals surface area contributed by atoms with E-state index in [2.05, 4.69) is 19.9 Å².